The number of anilines is 2. The van der Waals surface area contributed by atoms with Gasteiger partial charge in [0, 0.05) is 23.9 Å². The molecule has 2 aromatic carbocycles. The van der Waals surface area contributed by atoms with Gasteiger partial charge in [0.05, 0.1) is 55.6 Å². The van der Waals surface area contributed by atoms with E-state index in [4.69, 9.17) is 9.72 Å². The molecule has 0 fully saturated rings. The third-order valence-corrected chi connectivity index (χ3v) is 9.53. The average Bonchev–Trinajstić information content (AvgIpc) is 3.39. The van der Waals surface area contributed by atoms with Gasteiger partial charge in [-0.15, -0.1) is 23.1 Å². The topological polar surface area (TPSA) is 55.3 Å². The highest BCUT2D eigenvalue weighted by Crippen LogP contribution is 2.45. The van der Waals surface area contributed by atoms with E-state index in [-0.39, 0.29) is 5.97 Å². The van der Waals surface area contributed by atoms with Gasteiger partial charge in [0.1, 0.15) is 5.01 Å². The van der Waals surface area contributed by atoms with E-state index < -0.39 is 0 Å². The maximum absolute atomic E-state index is 11.7. The van der Waals surface area contributed by atoms with Crippen LogP contribution in [0.15, 0.2) is 78.0 Å². The average molecular weight is 614 g/mol. The highest BCUT2D eigenvalue weighted by atomic mass is 32.2. The van der Waals surface area contributed by atoms with Crippen LogP contribution in [0.25, 0.3) is 22.0 Å². The Bertz CT molecular complexity index is 1610. The molecule has 0 aliphatic carbocycles. The van der Waals surface area contributed by atoms with Gasteiger partial charge in [-0.3, -0.25) is 4.79 Å². The predicted molar refractivity (Wildman–Crippen MR) is 183 cm³/mol. The number of quaternary nitrogens is 1. The highest BCUT2D eigenvalue weighted by molar-refractivity contribution is 8.03. The summed E-state index contributed by atoms with van der Waals surface area (Å²) >= 11 is 3.60. The monoisotopic (exact) mass is 613 g/mol. The van der Waals surface area contributed by atoms with Crippen LogP contribution in [-0.4, -0.2) is 60.0 Å². The van der Waals surface area contributed by atoms with E-state index in [0.717, 1.165) is 69.2 Å². The Labute approximate surface area is 263 Å². The molecular formula is C35H41N4O2S2+. The second-order valence-corrected chi connectivity index (χ2v) is 13.7. The standard InChI is InChI=1S/C35H41N4O2S2/c1-5-41-34(40)18-13-20-39(3,4)19-11-12-21-42-33-24-27(23-32-37-35-31(43-32)22-26(2)25-36-35)29-16-9-10-17-30(29)38(33)28-14-7-6-8-15-28/h6-10,14-17,22-25H,5,11-13,18-21H2,1-4H3/q+1. The first-order chi connectivity index (χ1) is 20.8. The number of allylic oxidation sites excluding steroid dienone is 2. The molecule has 8 heteroatoms. The summed E-state index contributed by atoms with van der Waals surface area (Å²) in [4.78, 5) is 23.5. The van der Waals surface area contributed by atoms with Crippen molar-refractivity contribution in [2.75, 3.05) is 44.4 Å². The van der Waals surface area contributed by atoms with Crippen molar-refractivity contribution < 1.29 is 14.0 Å². The zero-order valence-electron chi connectivity index (χ0n) is 25.6. The van der Waals surface area contributed by atoms with E-state index in [1.807, 2.05) is 24.9 Å². The van der Waals surface area contributed by atoms with E-state index in [1.54, 1.807) is 11.3 Å². The minimum Gasteiger partial charge on any atom is -0.466 e. The smallest absolute Gasteiger partial charge is 0.305 e. The number of unbranched alkanes of at least 4 members (excludes halogenated alkanes) is 1. The van der Waals surface area contributed by atoms with Gasteiger partial charge in [-0.1, -0.05) is 36.4 Å². The van der Waals surface area contributed by atoms with Gasteiger partial charge >= 0.3 is 5.97 Å². The van der Waals surface area contributed by atoms with Crippen molar-refractivity contribution in [2.24, 2.45) is 0 Å². The second-order valence-electron chi connectivity index (χ2n) is 11.5. The van der Waals surface area contributed by atoms with Gasteiger partial charge in [0.2, 0.25) is 0 Å². The number of pyridine rings is 1. The number of para-hydroxylation sites is 2. The number of ether oxygens (including phenoxy) is 1. The Hall–Kier alpha value is -3.46. The number of hydrogen-bond donors (Lipinski definition) is 0. The van der Waals surface area contributed by atoms with Crippen LogP contribution in [-0.2, 0) is 9.53 Å². The first-order valence-corrected chi connectivity index (χ1v) is 16.8. The number of fused-ring (bicyclic) bond motifs is 2. The van der Waals surface area contributed by atoms with Crippen LogP contribution in [0.1, 0.15) is 48.7 Å². The molecule has 0 amide bonds. The number of esters is 1. The van der Waals surface area contributed by atoms with Crippen molar-refractivity contribution in [3.05, 3.63) is 94.1 Å². The van der Waals surface area contributed by atoms with Gasteiger partial charge < -0.3 is 14.1 Å². The van der Waals surface area contributed by atoms with E-state index in [9.17, 15) is 4.79 Å². The molecule has 0 radical (unpaired) electrons. The summed E-state index contributed by atoms with van der Waals surface area (Å²) in [6, 6.07) is 21.4. The van der Waals surface area contributed by atoms with Crippen molar-refractivity contribution in [1.82, 2.24) is 9.97 Å². The zero-order valence-corrected chi connectivity index (χ0v) is 27.2. The molecule has 0 atom stereocenters. The molecule has 4 aromatic rings. The van der Waals surface area contributed by atoms with Gasteiger partial charge in [0.25, 0.3) is 0 Å². The third-order valence-electron chi connectivity index (χ3n) is 7.51. The molecule has 0 spiro atoms. The molecule has 3 heterocycles. The summed E-state index contributed by atoms with van der Waals surface area (Å²) in [5.74, 6) is 0.935. The summed E-state index contributed by atoms with van der Waals surface area (Å²) in [5.41, 5.74) is 6.65. The van der Waals surface area contributed by atoms with Crippen LogP contribution < -0.4 is 4.90 Å². The van der Waals surface area contributed by atoms with Crippen LogP contribution >= 0.6 is 23.1 Å². The molecule has 1 aliphatic rings. The summed E-state index contributed by atoms with van der Waals surface area (Å²) in [5, 5.41) is 2.18. The Morgan fingerprint density at radius 3 is 2.63 bits per heavy atom. The fraction of sp³-hybridized carbons (Fsp3) is 0.343. The van der Waals surface area contributed by atoms with Gasteiger partial charge in [-0.25, -0.2) is 9.97 Å². The molecule has 0 saturated carbocycles. The van der Waals surface area contributed by atoms with Crippen LogP contribution in [0.5, 0.6) is 0 Å². The largest absolute Gasteiger partial charge is 0.466 e. The van der Waals surface area contributed by atoms with Crippen molar-refractivity contribution in [2.45, 2.75) is 39.5 Å². The van der Waals surface area contributed by atoms with Crippen molar-refractivity contribution in [3.63, 3.8) is 0 Å². The lowest BCUT2D eigenvalue weighted by molar-refractivity contribution is -0.890. The molecule has 0 N–H and O–H groups in total. The number of nitrogens with zero attached hydrogens (tertiary/aromatic N) is 4. The van der Waals surface area contributed by atoms with Crippen molar-refractivity contribution in [1.29, 1.82) is 0 Å². The predicted octanol–water partition coefficient (Wildman–Crippen LogP) is 8.47. The molecular weight excluding hydrogens is 573 g/mol. The summed E-state index contributed by atoms with van der Waals surface area (Å²) in [7, 11) is 4.51. The number of benzene rings is 2. The number of rotatable bonds is 13. The Morgan fingerprint density at radius 2 is 1.81 bits per heavy atom. The molecule has 0 unspecified atom stereocenters. The van der Waals surface area contributed by atoms with Crippen molar-refractivity contribution >= 4 is 62.4 Å². The fourth-order valence-corrected chi connectivity index (χ4v) is 7.40. The maximum Gasteiger partial charge on any atom is 0.305 e. The van der Waals surface area contributed by atoms with Crippen molar-refractivity contribution in [3.8, 4) is 0 Å². The van der Waals surface area contributed by atoms with E-state index in [1.165, 1.54) is 21.9 Å². The number of aromatic nitrogens is 2. The number of carbonyl (C=O) groups excluding carboxylic acids is 1. The van der Waals surface area contributed by atoms with Gasteiger partial charge in [-0.2, -0.15) is 0 Å². The zero-order chi connectivity index (χ0) is 30.2. The van der Waals surface area contributed by atoms with Crippen LogP contribution in [0.3, 0.4) is 0 Å². The lowest BCUT2D eigenvalue weighted by atomic mass is 9.99. The molecule has 5 rings (SSSR count). The molecule has 6 nitrogen and oxygen atoms in total. The van der Waals surface area contributed by atoms with E-state index in [2.05, 4.69) is 104 Å². The quantitative estimate of drug-likeness (QED) is 0.0857. The van der Waals surface area contributed by atoms with Gasteiger partial charge in [-0.05, 0) is 80.0 Å². The van der Waals surface area contributed by atoms with E-state index >= 15 is 0 Å². The molecule has 2 aromatic heterocycles. The van der Waals surface area contributed by atoms with Crippen LogP contribution in [0.2, 0.25) is 0 Å². The summed E-state index contributed by atoms with van der Waals surface area (Å²) in [6.07, 6.45) is 10.0. The van der Waals surface area contributed by atoms with E-state index in [0.29, 0.717) is 13.0 Å². The number of aryl methyl sites for hydroxylation is 1. The molecule has 43 heavy (non-hydrogen) atoms. The summed E-state index contributed by atoms with van der Waals surface area (Å²) in [6.45, 7) is 6.44. The fourth-order valence-electron chi connectivity index (χ4n) is 5.32. The SMILES string of the molecule is CCOC(=O)CCC[N+](C)(C)CCCCSC1=CC(=Cc2nc3ncc(C)cc3s2)c2ccccc2N1c1ccccc1. The number of thioether (sulfide) groups is 1. The second kappa shape index (κ2) is 14.3. The van der Waals surface area contributed by atoms with Crippen LogP contribution in [0, 0.1) is 6.92 Å². The Balaban J connectivity index is 1.32. The number of hydrogen-bond acceptors (Lipinski definition) is 7. The highest BCUT2D eigenvalue weighted by Gasteiger charge is 2.25. The molecule has 0 bridgehead atoms. The maximum atomic E-state index is 11.7. The minimum absolute atomic E-state index is 0.0903. The first-order valence-electron chi connectivity index (χ1n) is 15.0. The molecule has 0 saturated heterocycles. The lowest BCUT2D eigenvalue weighted by Crippen LogP contribution is -2.41. The first kappa shape index (κ1) is 31.0. The lowest BCUT2D eigenvalue weighted by Gasteiger charge is -2.33. The number of carbonyl (C=O) groups is 1. The Morgan fingerprint density at radius 1 is 1.05 bits per heavy atom. The molecule has 1 aliphatic heterocycles. The minimum atomic E-state index is -0.0903. The summed E-state index contributed by atoms with van der Waals surface area (Å²) < 4.78 is 7.11. The normalized spacial score (nSPS) is 14.2. The third kappa shape index (κ3) is 8.13. The Kier molecular flexibility index (Phi) is 10.3. The molecule has 224 valence electrons. The number of thiazole rings is 1. The van der Waals surface area contributed by atoms with Gasteiger partial charge in [0.15, 0.2) is 5.65 Å². The van der Waals surface area contributed by atoms with Crippen LogP contribution in [0.4, 0.5) is 11.4 Å².